The largest absolute Gasteiger partial charge is 0.465 e. The lowest BCUT2D eigenvalue weighted by Gasteiger charge is -2.00. The van der Waals surface area contributed by atoms with E-state index in [4.69, 9.17) is 6.11 Å². The van der Waals surface area contributed by atoms with Gasteiger partial charge >= 0.3 is 5.97 Å². The molecule has 0 aromatic rings. The van der Waals surface area contributed by atoms with Crippen molar-refractivity contribution in [2.24, 2.45) is 0 Å². The summed E-state index contributed by atoms with van der Waals surface area (Å²) in [5, 5.41) is 0. The van der Waals surface area contributed by atoms with Crippen LogP contribution in [0, 0.1) is 0 Å². The molecule has 0 heterocycles. The highest BCUT2D eigenvalue weighted by Gasteiger charge is 1.96. The van der Waals surface area contributed by atoms with E-state index < -0.39 is 6.58 Å². The van der Waals surface area contributed by atoms with Crippen molar-refractivity contribution < 1.29 is 10.9 Å². The maximum absolute atomic E-state index is 10.8. The molecule has 0 aromatic heterocycles. The highest BCUT2D eigenvalue weighted by Crippen LogP contribution is 1.95. The average molecular weight is 157 g/mol. The van der Waals surface area contributed by atoms with Crippen LogP contribution < -0.4 is 0 Å². The van der Waals surface area contributed by atoms with Gasteiger partial charge in [-0.3, -0.25) is 4.79 Å². The van der Waals surface area contributed by atoms with Crippen LogP contribution in [0.3, 0.4) is 0 Å². The van der Waals surface area contributed by atoms with E-state index in [1.54, 1.807) is 0 Å². The lowest BCUT2D eigenvalue weighted by atomic mass is 10.3. The summed E-state index contributed by atoms with van der Waals surface area (Å²) in [7, 11) is 0. The van der Waals surface area contributed by atoms with Crippen LogP contribution in [0.15, 0.2) is 12.7 Å². The van der Waals surface area contributed by atoms with Crippen molar-refractivity contribution in [1.82, 2.24) is 0 Å². The smallest absolute Gasteiger partial charge is 0.309 e. The molecule has 0 bridgehead atoms. The SMILES string of the molecule is [2H]C(CCCC)OC(=O)CC=C. The normalized spacial score (nSPS) is 13.4. The zero-order chi connectivity index (χ0) is 9.40. The summed E-state index contributed by atoms with van der Waals surface area (Å²) in [6.07, 6.45) is 4.25. The zero-order valence-corrected chi connectivity index (χ0v) is 7.01. The van der Waals surface area contributed by atoms with Gasteiger partial charge in [-0.15, -0.1) is 6.58 Å². The lowest BCUT2D eigenvalue weighted by Crippen LogP contribution is -2.03. The molecule has 0 aliphatic heterocycles. The molecule has 1 atom stereocenters. The molecule has 0 spiro atoms. The van der Waals surface area contributed by atoms with Crippen molar-refractivity contribution in [1.29, 1.82) is 0 Å². The molecule has 2 heteroatoms. The van der Waals surface area contributed by atoms with Crippen molar-refractivity contribution >= 4 is 5.97 Å². The quantitative estimate of drug-likeness (QED) is 0.437. The lowest BCUT2D eigenvalue weighted by molar-refractivity contribution is -0.142. The molecule has 2 nitrogen and oxygen atoms in total. The molecule has 11 heavy (non-hydrogen) atoms. The van der Waals surface area contributed by atoms with Crippen LogP contribution in [0.4, 0.5) is 0 Å². The van der Waals surface area contributed by atoms with Crippen LogP contribution in [-0.2, 0) is 9.53 Å². The van der Waals surface area contributed by atoms with Gasteiger partial charge in [0.25, 0.3) is 0 Å². The maximum atomic E-state index is 10.8. The molecule has 0 saturated heterocycles. The highest BCUT2D eigenvalue weighted by atomic mass is 16.5. The van der Waals surface area contributed by atoms with E-state index in [1.807, 2.05) is 6.92 Å². The van der Waals surface area contributed by atoms with Gasteiger partial charge < -0.3 is 4.74 Å². The summed E-state index contributed by atoms with van der Waals surface area (Å²) < 4.78 is 12.1. The van der Waals surface area contributed by atoms with E-state index in [0.29, 0.717) is 6.42 Å². The zero-order valence-electron chi connectivity index (χ0n) is 8.01. The summed E-state index contributed by atoms with van der Waals surface area (Å²) in [5.74, 6) is -0.360. The molecule has 64 valence electrons. The summed E-state index contributed by atoms with van der Waals surface area (Å²) in [4.78, 5) is 10.8. The van der Waals surface area contributed by atoms with Crippen LogP contribution in [0.2, 0.25) is 0 Å². The summed E-state index contributed by atoms with van der Waals surface area (Å²) in [5.41, 5.74) is 0. The van der Waals surface area contributed by atoms with Gasteiger partial charge in [0.15, 0.2) is 0 Å². The molecule has 0 N–H and O–H groups in total. The number of ether oxygens (including phenoxy) is 1. The van der Waals surface area contributed by atoms with Crippen molar-refractivity contribution in [3.05, 3.63) is 12.7 Å². The van der Waals surface area contributed by atoms with E-state index in [-0.39, 0.29) is 12.4 Å². The van der Waals surface area contributed by atoms with E-state index in [9.17, 15) is 4.79 Å². The van der Waals surface area contributed by atoms with E-state index >= 15 is 0 Å². The maximum Gasteiger partial charge on any atom is 0.309 e. The third-order valence-electron chi connectivity index (χ3n) is 1.20. The Bertz CT molecular complexity index is 145. The molecule has 0 saturated carbocycles. The van der Waals surface area contributed by atoms with E-state index in [2.05, 4.69) is 6.58 Å². The Balaban J connectivity index is 3.46. The number of unbranched alkanes of at least 4 members (excludes halogenated alkanes) is 1. The molecular formula is C9H16O2. The Morgan fingerprint density at radius 1 is 1.73 bits per heavy atom. The van der Waals surface area contributed by atoms with Gasteiger partial charge in [0.05, 0.1) is 14.4 Å². The van der Waals surface area contributed by atoms with Crippen molar-refractivity contribution in [2.45, 2.75) is 32.6 Å². The van der Waals surface area contributed by atoms with Gasteiger partial charge in [0, 0.05) is 0 Å². The average Bonchev–Trinajstić information content (AvgIpc) is 2.01. The number of hydrogen-bond donors (Lipinski definition) is 0. The van der Waals surface area contributed by atoms with Crippen LogP contribution >= 0.6 is 0 Å². The van der Waals surface area contributed by atoms with Gasteiger partial charge in [-0.25, -0.2) is 0 Å². The molecular weight excluding hydrogens is 140 g/mol. The molecule has 0 radical (unpaired) electrons. The summed E-state index contributed by atoms with van der Waals surface area (Å²) in [6, 6.07) is 0. The van der Waals surface area contributed by atoms with Crippen molar-refractivity contribution in [3.63, 3.8) is 0 Å². The Kier molecular flexibility index (Phi) is 5.53. The van der Waals surface area contributed by atoms with Gasteiger partial charge in [-0.05, 0) is 6.42 Å². The third kappa shape index (κ3) is 7.10. The second-order valence-electron chi connectivity index (χ2n) is 2.29. The van der Waals surface area contributed by atoms with Crippen LogP contribution in [0.5, 0.6) is 0 Å². The Morgan fingerprint density at radius 3 is 3.00 bits per heavy atom. The molecule has 1 unspecified atom stereocenters. The minimum absolute atomic E-state index is 0.196. The first-order valence-corrected chi connectivity index (χ1v) is 3.93. The molecule has 0 aliphatic carbocycles. The molecule has 0 amide bonds. The minimum Gasteiger partial charge on any atom is -0.465 e. The fourth-order valence-electron chi connectivity index (χ4n) is 0.605. The Labute approximate surface area is 69.6 Å². The fraction of sp³-hybridized carbons (Fsp3) is 0.667. The number of carbonyl (C=O) groups excluding carboxylic acids is 1. The third-order valence-corrected chi connectivity index (χ3v) is 1.20. The van der Waals surface area contributed by atoms with Gasteiger partial charge in [-0.1, -0.05) is 25.8 Å². The molecule has 0 rings (SSSR count). The number of hydrogen-bond acceptors (Lipinski definition) is 2. The first-order valence-electron chi connectivity index (χ1n) is 4.51. The van der Waals surface area contributed by atoms with Gasteiger partial charge in [0.2, 0.25) is 0 Å². The first-order chi connectivity index (χ1) is 5.70. The molecule has 0 aliphatic rings. The van der Waals surface area contributed by atoms with Crippen LogP contribution in [0.25, 0.3) is 0 Å². The van der Waals surface area contributed by atoms with E-state index in [1.165, 1.54) is 6.08 Å². The summed E-state index contributed by atoms with van der Waals surface area (Å²) in [6.45, 7) is 4.75. The van der Waals surface area contributed by atoms with Gasteiger partial charge in [-0.2, -0.15) is 0 Å². The second kappa shape index (κ2) is 7.32. The Hall–Kier alpha value is -0.790. The van der Waals surface area contributed by atoms with Crippen LogP contribution in [-0.4, -0.2) is 12.6 Å². The summed E-state index contributed by atoms with van der Waals surface area (Å²) >= 11 is 0. The van der Waals surface area contributed by atoms with Gasteiger partial charge in [0.1, 0.15) is 0 Å². The number of rotatable bonds is 6. The number of carbonyl (C=O) groups is 1. The monoisotopic (exact) mass is 157 g/mol. The van der Waals surface area contributed by atoms with Crippen molar-refractivity contribution in [2.75, 3.05) is 6.58 Å². The van der Waals surface area contributed by atoms with Crippen molar-refractivity contribution in [3.8, 4) is 0 Å². The first kappa shape index (κ1) is 8.31. The predicted octanol–water partition coefficient (Wildman–Crippen LogP) is 2.30. The van der Waals surface area contributed by atoms with Crippen LogP contribution in [0.1, 0.15) is 34.0 Å². The molecule has 0 fully saturated rings. The molecule has 0 aromatic carbocycles. The minimum atomic E-state index is -0.697. The number of esters is 1. The second-order valence-corrected chi connectivity index (χ2v) is 2.29. The van der Waals surface area contributed by atoms with E-state index in [0.717, 1.165) is 12.8 Å². The standard InChI is InChI=1S/C9H16O2/c1-3-5-6-8-11-9(10)7-4-2/h4H,2-3,5-8H2,1H3/i8D. The Morgan fingerprint density at radius 2 is 2.45 bits per heavy atom. The fourth-order valence-corrected chi connectivity index (χ4v) is 0.605. The predicted molar refractivity (Wildman–Crippen MR) is 45.3 cm³/mol. The topological polar surface area (TPSA) is 26.3 Å². The highest BCUT2D eigenvalue weighted by molar-refractivity contribution is 5.70.